The Labute approximate surface area is 66.6 Å². The van der Waals surface area contributed by atoms with Gasteiger partial charge in [-0.3, -0.25) is 0 Å². The van der Waals surface area contributed by atoms with E-state index in [0.717, 1.165) is 0 Å². The number of ether oxygens (including phenoxy) is 1. The van der Waals surface area contributed by atoms with Gasteiger partial charge < -0.3 is 10.1 Å². The van der Waals surface area contributed by atoms with Crippen LogP contribution >= 0.6 is 0 Å². The van der Waals surface area contributed by atoms with E-state index in [9.17, 15) is 4.79 Å². The highest BCUT2D eigenvalue weighted by molar-refractivity contribution is 6.00. The topological polar surface area (TPSA) is 50.2 Å². The fraction of sp³-hybridized carbons (Fsp3) is 0.500. The summed E-state index contributed by atoms with van der Waals surface area (Å²) in [5.74, 6) is -0.378. The highest BCUT2D eigenvalue weighted by Crippen LogP contribution is 1.94. The summed E-state index contributed by atoms with van der Waals surface area (Å²) in [7, 11) is 0. The molecule has 0 rings (SSSR count). The third-order valence-electron chi connectivity index (χ3n) is 1.21. The highest BCUT2D eigenvalue weighted by atomic mass is 16.5. The second-order valence-electron chi connectivity index (χ2n) is 2.20. The van der Waals surface area contributed by atoms with Crippen LogP contribution in [-0.4, -0.2) is 18.3 Å². The molecule has 0 radical (unpaired) electrons. The molecule has 0 bridgehead atoms. The van der Waals surface area contributed by atoms with Crippen LogP contribution in [0, 0.1) is 5.41 Å². The molecular weight excluding hydrogens is 142 g/mol. The minimum absolute atomic E-state index is 0.375. The maximum atomic E-state index is 10.8. The molecule has 0 unspecified atom stereocenters. The number of hydrogen-bond donors (Lipinski definition) is 1. The maximum Gasteiger partial charge on any atom is 0.331 e. The molecular formula is C8H13NO2. The number of hydrogen-bond acceptors (Lipinski definition) is 3. The van der Waals surface area contributed by atoms with Crippen molar-refractivity contribution in [1.29, 1.82) is 5.41 Å². The number of esters is 1. The zero-order chi connectivity index (χ0) is 8.85. The van der Waals surface area contributed by atoms with Gasteiger partial charge in [-0.05, 0) is 26.3 Å². The molecule has 0 aliphatic heterocycles. The zero-order valence-corrected chi connectivity index (χ0v) is 7.10. The number of allylic oxidation sites excluding steroid dienone is 1. The molecule has 0 spiro atoms. The van der Waals surface area contributed by atoms with Crippen LogP contribution in [0.5, 0.6) is 0 Å². The Kier molecular flexibility index (Phi) is 4.18. The Morgan fingerprint density at radius 2 is 2.09 bits per heavy atom. The first kappa shape index (κ1) is 9.88. The smallest absolute Gasteiger partial charge is 0.331 e. The van der Waals surface area contributed by atoms with Crippen molar-refractivity contribution in [2.45, 2.75) is 20.8 Å². The van der Waals surface area contributed by atoms with E-state index >= 15 is 0 Å². The van der Waals surface area contributed by atoms with Crippen LogP contribution in [0.3, 0.4) is 0 Å². The molecule has 0 saturated carbocycles. The van der Waals surface area contributed by atoms with Gasteiger partial charge in [0.2, 0.25) is 0 Å². The normalized spacial score (nSPS) is 11.0. The Balaban J connectivity index is 4.08. The van der Waals surface area contributed by atoms with Gasteiger partial charge in [0.15, 0.2) is 0 Å². The summed E-state index contributed by atoms with van der Waals surface area (Å²) in [5, 5.41) is 7.15. The number of carbonyl (C=O) groups excluding carboxylic acids is 1. The number of carbonyl (C=O) groups is 1. The Bertz CT molecular complexity index is 194. The van der Waals surface area contributed by atoms with Crippen LogP contribution in [0.15, 0.2) is 11.6 Å². The lowest BCUT2D eigenvalue weighted by Gasteiger charge is -1.97. The van der Waals surface area contributed by atoms with Crippen LogP contribution in [0.4, 0.5) is 0 Å². The molecule has 0 amide bonds. The molecule has 0 atom stereocenters. The Hall–Kier alpha value is -1.12. The monoisotopic (exact) mass is 155 g/mol. The van der Waals surface area contributed by atoms with Gasteiger partial charge in [0.05, 0.1) is 6.61 Å². The van der Waals surface area contributed by atoms with E-state index in [-0.39, 0.29) is 5.97 Å². The number of rotatable bonds is 3. The first-order valence-corrected chi connectivity index (χ1v) is 3.48. The van der Waals surface area contributed by atoms with Gasteiger partial charge >= 0.3 is 5.97 Å². The molecule has 0 aromatic heterocycles. The van der Waals surface area contributed by atoms with Crippen molar-refractivity contribution in [3.63, 3.8) is 0 Å². The van der Waals surface area contributed by atoms with E-state index in [1.807, 2.05) is 0 Å². The minimum Gasteiger partial charge on any atom is -0.463 e. The van der Waals surface area contributed by atoms with Crippen LogP contribution in [0.2, 0.25) is 0 Å². The van der Waals surface area contributed by atoms with E-state index < -0.39 is 0 Å². The SMILES string of the molecule is CCOC(=O)/C=C(\C)C(C)=N. The lowest BCUT2D eigenvalue weighted by molar-refractivity contribution is -0.137. The van der Waals surface area contributed by atoms with Crippen molar-refractivity contribution in [1.82, 2.24) is 0 Å². The van der Waals surface area contributed by atoms with Gasteiger partial charge in [-0.25, -0.2) is 4.79 Å². The Morgan fingerprint density at radius 1 is 1.55 bits per heavy atom. The zero-order valence-electron chi connectivity index (χ0n) is 7.10. The summed E-state index contributed by atoms with van der Waals surface area (Å²) in [5.41, 5.74) is 1.03. The van der Waals surface area contributed by atoms with E-state index in [4.69, 9.17) is 5.41 Å². The van der Waals surface area contributed by atoms with Gasteiger partial charge in [0.1, 0.15) is 0 Å². The highest BCUT2D eigenvalue weighted by Gasteiger charge is 1.98. The fourth-order valence-corrected chi connectivity index (χ4v) is 0.469. The average molecular weight is 155 g/mol. The molecule has 0 saturated heterocycles. The molecule has 1 N–H and O–H groups in total. The summed E-state index contributed by atoms with van der Waals surface area (Å²) >= 11 is 0. The lowest BCUT2D eigenvalue weighted by Crippen LogP contribution is -2.02. The van der Waals surface area contributed by atoms with Crippen molar-refractivity contribution < 1.29 is 9.53 Å². The molecule has 0 aromatic carbocycles. The van der Waals surface area contributed by atoms with Gasteiger partial charge in [-0.15, -0.1) is 0 Å². The largest absolute Gasteiger partial charge is 0.463 e. The lowest BCUT2D eigenvalue weighted by atomic mass is 10.2. The van der Waals surface area contributed by atoms with E-state index in [1.165, 1.54) is 6.08 Å². The molecule has 0 heterocycles. The van der Waals surface area contributed by atoms with Gasteiger partial charge in [-0.1, -0.05) is 0 Å². The first-order chi connectivity index (χ1) is 5.07. The predicted molar refractivity (Wildman–Crippen MR) is 43.8 cm³/mol. The summed E-state index contributed by atoms with van der Waals surface area (Å²) in [6.45, 7) is 5.46. The van der Waals surface area contributed by atoms with Crippen molar-refractivity contribution in [3.05, 3.63) is 11.6 Å². The standard InChI is InChI=1S/C8H13NO2/c1-4-11-8(10)5-6(2)7(3)9/h5,9H,4H2,1-3H3/b6-5+,9-7?. The summed E-state index contributed by atoms with van der Waals surface area (Å²) < 4.78 is 4.65. The van der Waals surface area contributed by atoms with Gasteiger partial charge in [0.25, 0.3) is 0 Å². The van der Waals surface area contributed by atoms with Crippen molar-refractivity contribution in [2.75, 3.05) is 6.61 Å². The van der Waals surface area contributed by atoms with Crippen LogP contribution in [0.1, 0.15) is 20.8 Å². The second kappa shape index (κ2) is 4.66. The number of nitrogens with one attached hydrogen (secondary N) is 1. The van der Waals surface area contributed by atoms with Gasteiger partial charge in [-0.2, -0.15) is 0 Å². The second-order valence-corrected chi connectivity index (χ2v) is 2.20. The summed E-state index contributed by atoms with van der Waals surface area (Å²) in [6.07, 6.45) is 1.33. The molecule has 3 nitrogen and oxygen atoms in total. The van der Waals surface area contributed by atoms with Crippen LogP contribution < -0.4 is 0 Å². The molecule has 11 heavy (non-hydrogen) atoms. The molecule has 62 valence electrons. The molecule has 0 fully saturated rings. The minimum atomic E-state index is -0.378. The predicted octanol–water partition coefficient (Wildman–Crippen LogP) is 1.54. The van der Waals surface area contributed by atoms with Crippen molar-refractivity contribution in [3.8, 4) is 0 Å². The summed E-state index contributed by atoms with van der Waals surface area (Å²) in [4.78, 5) is 10.8. The van der Waals surface area contributed by atoms with E-state index in [0.29, 0.717) is 17.9 Å². The van der Waals surface area contributed by atoms with E-state index in [2.05, 4.69) is 4.74 Å². The molecule has 0 aliphatic rings. The Morgan fingerprint density at radius 3 is 2.45 bits per heavy atom. The molecule has 0 aliphatic carbocycles. The van der Waals surface area contributed by atoms with Crippen molar-refractivity contribution in [2.24, 2.45) is 0 Å². The van der Waals surface area contributed by atoms with Gasteiger partial charge in [0, 0.05) is 11.8 Å². The molecule has 3 heteroatoms. The fourth-order valence-electron chi connectivity index (χ4n) is 0.469. The van der Waals surface area contributed by atoms with Crippen molar-refractivity contribution >= 4 is 11.7 Å². The third-order valence-corrected chi connectivity index (χ3v) is 1.21. The van der Waals surface area contributed by atoms with E-state index in [1.54, 1.807) is 20.8 Å². The first-order valence-electron chi connectivity index (χ1n) is 3.48. The third kappa shape index (κ3) is 4.31. The summed E-state index contributed by atoms with van der Waals surface area (Å²) in [6, 6.07) is 0. The average Bonchev–Trinajstić information content (AvgIpc) is 1.87. The van der Waals surface area contributed by atoms with Crippen LogP contribution in [0.25, 0.3) is 0 Å². The quantitative estimate of drug-likeness (QED) is 0.382. The maximum absolute atomic E-state index is 10.8. The van der Waals surface area contributed by atoms with Crippen LogP contribution in [-0.2, 0) is 9.53 Å². The molecule has 0 aromatic rings.